The van der Waals surface area contributed by atoms with Crippen molar-refractivity contribution in [3.8, 4) is 0 Å². The summed E-state index contributed by atoms with van der Waals surface area (Å²) in [6.45, 7) is 8.37. The first-order valence-corrected chi connectivity index (χ1v) is 6.12. The van der Waals surface area contributed by atoms with Gasteiger partial charge in [0.25, 0.3) is 0 Å². The summed E-state index contributed by atoms with van der Waals surface area (Å²) < 4.78 is 13.7. The van der Waals surface area contributed by atoms with Crippen molar-refractivity contribution in [2.75, 3.05) is 0 Å². The van der Waals surface area contributed by atoms with Crippen molar-refractivity contribution >= 4 is 0 Å². The molecule has 0 nitrogen and oxygen atoms in total. The van der Waals surface area contributed by atoms with Crippen molar-refractivity contribution in [1.29, 1.82) is 0 Å². The van der Waals surface area contributed by atoms with E-state index in [2.05, 4.69) is 20.4 Å². The van der Waals surface area contributed by atoms with E-state index < -0.39 is 0 Å². The first kappa shape index (κ1) is 13.0. The molecule has 0 aliphatic heterocycles. The van der Waals surface area contributed by atoms with E-state index in [1.807, 2.05) is 12.1 Å². The Labute approximate surface area is 98.2 Å². The zero-order valence-corrected chi connectivity index (χ0v) is 10.3. The predicted molar refractivity (Wildman–Crippen MR) is 68.1 cm³/mol. The largest absolute Gasteiger partial charge is 0.207 e. The van der Waals surface area contributed by atoms with E-state index in [-0.39, 0.29) is 11.7 Å². The molecule has 1 aromatic carbocycles. The van der Waals surface area contributed by atoms with Gasteiger partial charge in [-0.3, -0.25) is 0 Å². The summed E-state index contributed by atoms with van der Waals surface area (Å²) in [5.41, 5.74) is 1.96. The fourth-order valence-corrected chi connectivity index (χ4v) is 2.06. The van der Waals surface area contributed by atoms with E-state index >= 15 is 0 Å². The lowest BCUT2D eigenvalue weighted by Crippen LogP contribution is -2.03. The second kappa shape index (κ2) is 6.47. The van der Waals surface area contributed by atoms with E-state index in [0.717, 1.165) is 36.8 Å². The molecule has 0 spiro atoms. The molecule has 88 valence electrons. The van der Waals surface area contributed by atoms with E-state index in [1.54, 1.807) is 6.07 Å². The van der Waals surface area contributed by atoms with Crippen LogP contribution in [-0.4, -0.2) is 0 Å². The lowest BCUT2D eigenvalue weighted by Gasteiger charge is -2.18. The average Bonchev–Trinajstić information content (AvgIpc) is 2.30. The van der Waals surface area contributed by atoms with Gasteiger partial charge in [-0.1, -0.05) is 50.6 Å². The Bertz CT molecular complexity index is 341. The smallest absolute Gasteiger partial charge is 0.127 e. The van der Waals surface area contributed by atoms with Gasteiger partial charge in [-0.15, -0.1) is 0 Å². The minimum absolute atomic E-state index is 0.105. The Morgan fingerprint density at radius 2 is 2.00 bits per heavy atom. The molecular weight excluding hydrogens is 199 g/mol. The molecule has 1 rings (SSSR count). The van der Waals surface area contributed by atoms with Crippen LogP contribution in [0.5, 0.6) is 0 Å². The Hall–Kier alpha value is -1.11. The highest BCUT2D eigenvalue weighted by Gasteiger charge is 2.15. The van der Waals surface area contributed by atoms with Crippen LogP contribution in [0.4, 0.5) is 4.39 Å². The molecule has 0 heterocycles. The van der Waals surface area contributed by atoms with Gasteiger partial charge in [-0.2, -0.15) is 0 Å². The van der Waals surface area contributed by atoms with E-state index in [9.17, 15) is 4.39 Å². The van der Waals surface area contributed by atoms with Crippen LogP contribution in [0, 0.1) is 5.82 Å². The van der Waals surface area contributed by atoms with Crippen LogP contribution in [0.15, 0.2) is 36.4 Å². The minimum atomic E-state index is -0.105. The molecule has 0 amide bonds. The molecule has 0 aliphatic rings. The topological polar surface area (TPSA) is 0 Å². The van der Waals surface area contributed by atoms with E-state index in [1.165, 1.54) is 6.07 Å². The molecule has 0 N–H and O–H groups in total. The average molecular weight is 220 g/mol. The third-order valence-corrected chi connectivity index (χ3v) is 3.03. The number of halogens is 1. The summed E-state index contributed by atoms with van der Waals surface area (Å²) >= 11 is 0. The molecule has 0 saturated carbocycles. The molecule has 16 heavy (non-hydrogen) atoms. The SMILES string of the molecule is C=C(CCCC)C(CC)c1ccccc1F. The second-order valence-corrected chi connectivity index (χ2v) is 4.24. The van der Waals surface area contributed by atoms with Gasteiger partial charge in [0.15, 0.2) is 0 Å². The predicted octanol–water partition coefficient (Wildman–Crippen LogP) is 5.07. The summed E-state index contributed by atoms with van der Waals surface area (Å²) in [6, 6.07) is 7.04. The summed E-state index contributed by atoms with van der Waals surface area (Å²) in [5, 5.41) is 0. The fraction of sp³-hybridized carbons (Fsp3) is 0.467. The lowest BCUT2D eigenvalue weighted by atomic mass is 9.87. The number of rotatable bonds is 6. The Balaban J connectivity index is 2.82. The van der Waals surface area contributed by atoms with Crippen LogP contribution in [-0.2, 0) is 0 Å². The van der Waals surface area contributed by atoms with Gasteiger partial charge < -0.3 is 0 Å². The normalized spacial score (nSPS) is 12.4. The first-order valence-electron chi connectivity index (χ1n) is 6.12. The summed E-state index contributed by atoms with van der Waals surface area (Å²) in [4.78, 5) is 0. The number of unbranched alkanes of at least 4 members (excludes halogenated alkanes) is 1. The van der Waals surface area contributed by atoms with Crippen LogP contribution in [0.1, 0.15) is 51.0 Å². The summed E-state index contributed by atoms with van der Waals surface area (Å²) in [6.07, 6.45) is 4.23. The molecule has 1 atom stereocenters. The quantitative estimate of drug-likeness (QED) is 0.587. The van der Waals surface area contributed by atoms with Gasteiger partial charge in [0.2, 0.25) is 0 Å². The van der Waals surface area contributed by atoms with Gasteiger partial charge >= 0.3 is 0 Å². The summed E-state index contributed by atoms with van der Waals surface area (Å²) in [5.74, 6) is 0.0692. The minimum Gasteiger partial charge on any atom is -0.207 e. The van der Waals surface area contributed by atoms with Gasteiger partial charge in [0.1, 0.15) is 5.82 Å². The van der Waals surface area contributed by atoms with E-state index in [4.69, 9.17) is 0 Å². The van der Waals surface area contributed by atoms with Gasteiger partial charge in [-0.05, 0) is 30.9 Å². The zero-order chi connectivity index (χ0) is 12.0. The van der Waals surface area contributed by atoms with Crippen molar-refractivity contribution in [2.45, 2.75) is 45.4 Å². The zero-order valence-electron chi connectivity index (χ0n) is 10.3. The van der Waals surface area contributed by atoms with Gasteiger partial charge in [0, 0.05) is 5.92 Å². The molecule has 0 aliphatic carbocycles. The number of hydrogen-bond donors (Lipinski definition) is 0. The molecule has 1 unspecified atom stereocenters. The third-order valence-electron chi connectivity index (χ3n) is 3.03. The van der Waals surface area contributed by atoms with Crippen LogP contribution < -0.4 is 0 Å². The molecule has 1 heteroatoms. The standard InChI is InChI=1S/C15H21F/c1-4-6-9-12(3)13(5-2)14-10-7-8-11-15(14)16/h7-8,10-11,13H,3-6,9H2,1-2H3. The summed E-state index contributed by atoms with van der Waals surface area (Å²) in [7, 11) is 0. The highest BCUT2D eigenvalue weighted by atomic mass is 19.1. The van der Waals surface area contributed by atoms with Crippen molar-refractivity contribution < 1.29 is 4.39 Å². The van der Waals surface area contributed by atoms with Gasteiger partial charge in [0.05, 0.1) is 0 Å². The van der Waals surface area contributed by atoms with Crippen LogP contribution in [0.2, 0.25) is 0 Å². The molecular formula is C15H21F. The molecule has 0 fully saturated rings. The molecule has 0 bridgehead atoms. The highest BCUT2D eigenvalue weighted by Crippen LogP contribution is 2.31. The number of hydrogen-bond acceptors (Lipinski definition) is 0. The molecule has 0 aromatic heterocycles. The van der Waals surface area contributed by atoms with E-state index in [0.29, 0.717) is 0 Å². The molecule has 1 aromatic rings. The van der Waals surface area contributed by atoms with Crippen LogP contribution in [0.3, 0.4) is 0 Å². The van der Waals surface area contributed by atoms with Crippen molar-refractivity contribution in [3.63, 3.8) is 0 Å². The van der Waals surface area contributed by atoms with Crippen molar-refractivity contribution in [3.05, 3.63) is 47.8 Å². The lowest BCUT2D eigenvalue weighted by molar-refractivity contribution is 0.581. The third kappa shape index (κ3) is 3.19. The maximum absolute atomic E-state index is 13.7. The monoisotopic (exact) mass is 220 g/mol. The first-order chi connectivity index (χ1) is 7.70. The Morgan fingerprint density at radius 3 is 2.56 bits per heavy atom. The fourth-order valence-electron chi connectivity index (χ4n) is 2.06. The van der Waals surface area contributed by atoms with Crippen molar-refractivity contribution in [1.82, 2.24) is 0 Å². The van der Waals surface area contributed by atoms with Crippen molar-refractivity contribution in [2.24, 2.45) is 0 Å². The molecule has 0 saturated heterocycles. The second-order valence-electron chi connectivity index (χ2n) is 4.24. The Morgan fingerprint density at radius 1 is 1.31 bits per heavy atom. The highest BCUT2D eigenvalue weighted by molar-refractivity contribution is 5.28. The number of benzene rings is 1. The maximum atomic E-state index is 13.7. The molecule has 0 radical (unpaired) electrons. The number of allylic oxidation sites excluding steroid dienone is 1. The van der Waals surface area contributed by atoms with Gasteiger partial charge in [-0.25, -0.2) is 4.39 Å². The maximum Gasteiger partial charge on any atom is 0.127 e. The van der Waals surface area contributed by atoms with Crippen LogP contribution >= 0.6 is 0 Å². The van der Waals surface area contributed by atoms with Crippen LogP contribution in [0.25, 0.3) is 0 Å². The Kier molecular flexibility index (Phi) is 5.24.